The van der Waals surface area contributed by atoms with Crippen LogP contribution in [0.4, 0.5) is 5.69 Å². The Bertz CT molecular complexity index is 471. The molecule has 0 radical (unpaired) electrons. The van der Waals surface area contributed by atoms with Gasteiger partial charge in [-0.05, 0) is 24.6 Å². The molecule has 0 fully saturated rings. The Morgan fingerprint density at radius 3 is 2.80 bits per heavy atom. The van der Waals surface area contributed by atoms with Crippen molar-refractivity contribution in [3.8, 4) is 0 Å². The van der Waals surface area contributed by atoms with E-state index in [1.807, 2.05) is 12.1 Å². The SMILES string of the molecule is CCCn1c(CC)nc2cc(N)ccc21. The van der Waals surface area contributed by atoms with Gasteiger partial charge >= 0.3 is 0 Å². The van der Waals surface area contributed by atoms with Gasteiger partial charge in [0.2, 0.25) is 0 Å². The average Bonchev–Trinajstić information content (AvgIpc) is 2.56. The highest BCUT2D eigenvalue weighted by atomic mass is 15.1. The number of rotatable bonds is 3. The molecule has 0 atom stereocenters. The minimum absolute atomic E-state index is 0.784. The van der Waals surface area contributed by atoms with E-state index >= 15 is 0 Å². The summed E-state index contributed by atoms with van der Waals surface area (Å²) in [4.78, 5) is 4.59. The third-order valence-electron chi connectivity index (χ3n) is 2.61. The number of nitrogens with two attached hydrogens (primary N) is 1. The average molecular weight is 203 g/mol. The maximum atomic E-state index is 5.75. The summed E-state index contributed by atoms with van der Waals surface area (Å²) in [7, 11) is 0. The molecule has 2 rings (SSSR count). The van der Waals surface area contributed by atoms with Crippen molar-refractivity contribution in [1.82, 2.24) is 9.55 Å². The Balaban J connectivity index is 2.63. The van der Waals surface area contributed by atoms with Crippen LogP contribution in [0, 0.1) is 0 Å². The van der Waals surface area contributed by atoms with Gasteiger partial charge in [0.1, 0.15) is 5.82 Å². The van der Waals surface area contributed by atoms with Gasteiger partial charge in [-0.15, -0.1) is 0 Å². The molecule has 0 amide bonds. The Labute approximate surface area is 89.9 Å². The van der Waals surface area contributed by atoms with E-state index in [2.05, 4.69) is 29.5 Å². The maximum absolute atomic E-state index is 5.75. The zero-order valence-electron chi connectivity index (χ0n) is 9.33. The van der Waals surface area contributed by atoms with E-state index in [-0.39, 0.29) is 0 Å². The first-order valence-corrected chi connectivity index (χ1v) is 5.51. The molecule has 3 nitrogen and oxygen atoms in total. The lowest BCUT2D eigenvalue weighted by molar-refractivity contribution is 0.659. The lowest BCUT2D eigenvalue weighted by Crippen LogP contribution is -2.01. The fraction of sp³-hybridized carbons (Fsp3) is 0.417. The number of nitrogen functional groups attached to an aromatic ring is 1. The Hall–Kier alpha value is -1.51. The number of fused-ring (bicyclic) bond motifs is 1. The molecule has 15 heavy (non-hydrogen) atoms. The first kappa shape index (κ1) is 10.0. The van der Waals surface area contributed by atoms with Gasteiger partial charge in [-0.2, -0.15) is 0 Å². The minimum atomic E-state index is 0.784. The lowest BCUT2D eigenvalue weighted by atomic mass is 10.3. The quantitative estimate of drug-likeness (QED) is 0.779. The topological polar surface area (TPSA) is 43.8 Å². The van der Waals surface area contributed by atoms with Crippen molar-refractivity contribution in [2.45, 2.75) is 33.2 Å². The van der Waals surface area contributed by atoms with Crippen LogP contribution in [0.5, 0.6) is 0 Å². The standard InChI is InChI=1S/C12H17N3/c1-3-7-15-11-6-5-9(13)8-10(11)14-12(15)4-2/h5-6,8H,3-4,7,13H2,1-2H3. The van der Waals surface area contributed by atoms with Gasteiger partial charge in [0.25, 0.3) is 0 Å². The van der Waals surface area contributed by atoms with Crippen molar-refractivity contribution in [2.75, 3.05) is 5.73 Å². The summed E-state index contributed by atoms with van der Waals surface area (Å²) in [6, 6.07) is 5.95. The van der Waals surface area contributed by atoms with Gasteiger partial charge in [0.05, 0.1) is 11.0 Å². The van der Waals surface area contributed by atoms with Crippen molar-refractivity contribution in [1.29, 1.82) is 0 Å². The van der Waals surface area contributed by atoms with E-state index in [1.165, 1.54) is 5.52 Å². The maximum Gasteiger partial charge on any atom is 0.109 e. The fourth-order valence-corrected chi connectivity index (χ4v) is 1.94. The number of hydrogen-bond donors (Lipinski definition) is 1. The molecule has 80 valence electrons. The molecule has 0 saturated heterocycles. The number of hydrogen-bond acceptors (Lipinski definition) is 2. The largest absolute Gasteiger partial charge is 0.399 e. The highest BCUT2D eigenvalue weighted by molar-refractivity contribution is 5.79. The van der Waals surface area contributed by atoms with Crippen LogP contribution in [-0.4, -0.2) is 9.55 Å². The molecular weight excluding hydrogens is 186 g/mol. The van der Waals surface area contributed by atoms with E-state index in [9.17, 15) is 0 Å². The molecule has 2 aromatic rings. The van der Waals surface area contributed by atoms with Crippen LogP contribution in [-0.2, 0) is 13.0 Å². The second kappa shape index (κ2) is 3.93. The normalized spacial score (nSPS) is 11.1. The first-order chi connectivity index (χ1) is 7.26. The van der Waals surface area contributed by atoms with E-state index in [0.717, 1.165) is 36.4 Å². The van der Waals surface area contributed by atoms with Crippen LogP contribution < -0.4 is 5.73 Å². The van der Waals surface area contributed by atoms with Gasteiger partial charge in [-0.25, -0.2) is 4.98 Å². The van der Waals surface area contributed by atoms with E-state index in [4.69, 9.17) is 5.73 Å². The second-order valence-corrected chi connectivity index (χ2v) is 3.78. The summed E-state index contributed by atoms with van der Waals surface area (Å²) in [6.07, 6.45) is 2.09. The molecule has 0 spiro atoms. The molecule has 1 heterocycles. The summed E-state index contributed by atoms with van der Waals surface area (Å²) in [5.41, 5.74) is 8.74. The lowest BCUT2D eigenvalue weighted by Gasteiger charge is -2.05. The molecule has 0 unspecified atom stereocenters. The molecule has 1 aromatic carbocycles. The van der Waals surface area contributed by atoms with E-state index < -0.39 is 0 Å². The molecule has 2 N–H and O–H groups in total. The molecule has 1 aromatic heterocycles. The highest BCUT2D eigenvalue weighted by Gasteiger charge is 2.08. The number of benzene rings is 1. The summed E-state index contributed by atoms with van der Waals surface area (Å²) >= 11 is 0. The monoisotopic (exact) mass is 203 g/mol. The summed E-state index contributed by atoms with van der Waals surface area (Å²) in [5.74, 6) is 1.15. The predicted octanol–water partition coefficient (Wildman–Crippen LogP) is 2.59. The Morgan fingerprint density at radius 1 is 1.33 bits per heavy atom. The molecule has 0 aliphatic rings. The van der Waals surface area contributed by atoms with E-state index in [1.54, 1.807) is 0 Å². The molecular formula is C12H17N3. The first-order valence-electron chi connectivity index (χ1n) is 5.51. The number of anilines is 1. The Morgan fingerprint density at radius 2 is 2.13 bits per heavy atom. The predicted molar refractivity (Wildman–Crippen MR) is 63.8 cm³/mol. The van der Waals surface area contributed by atoms with Crippen LogP contribution >= 0.6 is 0 Å². The third-order valence-corrected chi connectivity index (χ3v) is 2.61. The van der Waals surface area contributed by atoms with Crippen molar-refractivity contribution in [3.63, 3.8) is 0 Å². The van der Waals surface area contributed by atoms with Crippen LogP contribution in [0.1, 0.15) is 26.1 Å². The van der Waals surface area contributed by atoms with Crippen LogP contribution in [0.2, 0.25) is 0 Å². The fourth-order valence-electron chi connectivity index (χ4n) is 1.94. The number of nitrogens with zero attached hydrogens (tertiary/aromatic N) is 2. The molecule has 3 heteroatoms. The minimum Gasteiger partial charge on any atom is -0.399 e. The Kier molecular flexibility index (Phi) is 2.62. The zero-order valence-corrected chi connectivity index (χ0v) is 9.33. The zero-order chi connectivity index (χ0) is 10.8. The van der Waals surface area contributed by atoms with Crippen molar-refractivity contribution < 1.29 is 0 Å². The van der Waals surface area contributed by atoms with Gasteiger partial charge < -0.3 is 10.3 Å². The summed E-state index contributed by atoms with van der Waals surface area (Å²) < 4.78 is 2.29. The van der Waals surface area contributed by atoms with Gasteiger partial charge in [0, 0.05) is 18.7 Å². The van der Waals surface area contributed by atoms with Crippen molar-refractivity contribution >= 4 is 16.7 Å². The molecule has 0 aliphatic heterocycles. The summed E-state index contributed by atoms with van der Waals surface area (Å²) in [5, 5.41) is 0. The number of aryl methyl sites for hydroxylation is 2. The molecule has 0 saturated carbocycles. The smallest absolute Gasteiger partial charge is 0.109 e. The second-order valence-electron chi connectivity index (χ2n) is 3.78. The number of imidazole rings is 1. The van der Waals surface area contributed by atoms with Gasteiger partial charge in [-0.3, -0.25) is 0 Å². The van der Waals surface area contributed by atoms with E-state index in [0.29, 0.717) is 0 Å². The molecule has 0 bridgehead atoms. The van der Waals surface area contributed by atoms with Crippen LogP contribution in [0.15, 0.2) is 18.2 Å². The van der Waals surface area contributed by atoms with Crippen molar-refractivity contribution in [2.24, 2.45) is 0 Å². The molecule has 0 aliphatic carbocycles. The van der Waals surface area contributed by atoms with Crippen molar-refractivity contribution in [3.05, 3.63) is 24.0 Å². The van der Waals surface area contributed by atoms with Crippen LogP contribution in [0.25, 0.3) is 11.0 Å². The third kappa shape index (κ3) is 1.69. The van der Waals surface area contributed by atoms with Gasteiger partial charge in [0.15, 0.2) is 0 Å². The van der Waals surface area contributed by atoms with Crippen LogP contribution in [0.3, 0.4) is 0 Å². The summed E-state index contributed by atoms with van der Waals surface area (Å²) in [6.45, 7) is 5.35. The van der Waals surface area contributed by atoms with Gasteiger partial charge in [-0.1, -0.05) is 13.8 Å². The number of aromatic nitrogens is 2. The highest BCUT2D eigenvalue weighted by Crippen LogP contribution is 2.19.